The van der Waals surface area contributed by atoms with Crippen LogP contribution in [0.15, 0.2) is 24.3 Å². The number of aromatic nitrogens is 2. The van der Waals surface area contributed by atoms with Crippen molar-refractivity contribution in [2.24, 2.45) is 0 Å². The Morgan fingerprint density at radius 1 is 1.32 bits per heavy atom. The topological polar surface area (TPSA) is 93.6 Å². The summed E-state index contributed by atoms with van der Waals surface area (Å²) in [5, 5.41) is 22.7. The van der Waals surface area contributed by atoms with Crippen LogP contribution in [0.1, 0.15) is 16.1 Å². The molecule has 0 spiro atoms. The molecule has 1 aromatic carbocycles. The molecule has 1 aromatic heterocycles. The third-order valence-electron chi connectivity index (χ3n) is 3.87. The van der Waals surface area contributed by atoms with E-state index in [2.05, 4.69) is 20.9 Å². The van der Waals surface area contributed by atoms with Gasteiger partial charge in [0, 0.05) is 7.05 Å². The molecule has 0 saturated carbocycles. The molecule has 3 heterocycles. The lowest BCUT2D eigenvalue weighted by Gasteiger charge is -2.21. The third-order valence-corrected chi connectivity index (χ3v) is 3.87. The molecule has 0 aliphatic carbocycles. The van der Waals surface area contributed by atoms with Crippen LogP contribution in [-0.2, 0) is 6.54 Å². The van der Waals surface area contributed by atoms with Gasteiger partial charge in [-0.1, -0.05) is 12.1 Å². The van der Waals surface area contributed by atoms with E-state index in [0.717, 1.165) is 22.9 Å². The van der Waals surface area contributed by atoms with Crippen LogP contribution < -0.4 is 20.7 Å². The summed E-state index contributed by atoms with van der Waals surface area (Å²) in [7, 11) is 1.97. The van der Waals surface area contributed by atoms with E-state index in [1.165, 1.54) is 0 Å². The van der Waals surface area contributed by atoms with Crippen LogP contribution in [0, 0.1) is 0 Å². The lowest BCUT2D eigenvalue weighted by molar-refractivity contribution is 0.0697. The second-order valence-corrected chi connectivity index (χ2v) is 5.27. The zero-order valence-electron chi connectivity index (χ0n) is 11.9. The van der Waals surface area contributed by atoms with Gasteiger partial charge in [-0.3, -0.25) is 10.4 Å². The number of rotatable bonds is 2. The fourth-order valence-corrected chi connectivity index (χ4v) is 2.81. The SMILES string of the molecule is CN1CNc2nnc3c(c21)NN(c1ccccc1C(=O)O)C3. The van der Waals surface area contributed by atoms with Gasteiger partial charge in [0.25, 0.3) is 0 Å². The maximum absolute atomic E-state index is 11.4. The van der Waals surface area contributed by atoms with Gasteiger partial charge >= 0.3 is 5.97 Å². The first-order valence-corrected chi connectivity index (χ1v) is 6.86. The van der Waals surface area contributed by atoms with E-state index in [9.17, 15) is 9.90 Å². The summed E-state index contributed by atoms with van der Waals surface area (Å²) in [4.78, 5) is 13.4. The zero-order valence-corrected chi connectivity index (χ0v) is 11.9. The van der Waals surface area contributed by atoms with E-state index < -0.39 is 5.97 Å². The average Bonchev–Trinajstić information content (AvgIpc) is 3.10. The Balaban J connectivity index is 1.75. The summed E-state index contributed by atoms with van der Waals surface area (Å²) in [5.74, 6) is -0.217. The normalized spacial score (nSPS) is 15.1. The van der Waals surface area contributed by atoms with E-state index in [1.54, 1.807) is 23.2 Å². The van der Waals surface area contributed by atoms with Gasteiger partial charge in [-0.2, -0.15) is 0 Å². The first-order chi connectivity index (χ1) is 10.6. The van der Waals surface area contributed by atoms with Gasteiger partial charge in [0.2, 0.25) is 0 Å². The van der Waals surface area contributed by atoms with E-state index >= 15 is 0 Å². The molecule has 8 heteroatoms. The standard InChI is InChI=1S/C14H14N6O2/c1-19-7-15-13-12(19)11-9(16-17-13)6-20(18-11)10-5-3-2-4-8(10)14(21)22/h2-5,18H,6-7H2,1H3,(H,15,17)(H,21,22). The number of hydrogen-bond acceptors (Lipinski definition) is 7. The summed E-state index contributed by atoms with van der Waals surface area (Å²) in [6.45, 7) is 1.14. The van der Waals surface area contributed by atoms with E-state index in [0.29, 0.717) is 18.9 Å². The summed E-state index contributed by atoms with van der Waals surface area (Å²) in [6, 6.07) is 6.89. The lowest BCUT2D eigenvalue weighted by atomic mass is 10.1. The Morgan fingerprint density at radius 2 is 2.14 bits per heavy atom. The Hall–Kier alpha value is -3.03. The minimum absolute atomic E-state index is 0.249. The van der Waals surface area contributed by atoms with Gasteiger partial charge in [-0.25, -0.2) is 4.79 Å². The Kier molecular flexibility index (Phi) is 2.59. The number of carboxylic acids is 1. The fourth-order valence-electron chi connectivity index (χ4n) is 2.81. The van der Waals surface area contributed by atoms with Gasteiger partial charge in [0.05, 0.1) is 24.5 Å². The molecule has 0 radical (unpaired) electrons. The van der Waals surface area contributed by atoms with Gasteiger partial charge in [-0.05, 0) is 12.1 Å². The van der Waals surface area contributed by atoms with Crippen molar-refractivity contribution < 1.29 is 9.90 Å². The van der Waals surface area contributed by atoms with Crippen LogP contribution in [0.5, 0.6) is 0 Å². The van der Waals surface area contributed by atoms with Crippen molar-refractivity contribution in [1.29, 1.82) is 0 Å². The Labute approximate surface area is 126 Å². The van der Waals surface area contributed by atoms with Crippen LogP contribution in [0.4, 0.5) is 22.9 Å². The maximum atomic E-state index is 11.4. The lowest BCUT2D eigenvalue weighted by Crippen LogP contribution is -2.25. The highest BCUT2D eigenvalue weighted by Crippen LogP contribution is 2.41. The number of para-hydroxylation sites is 1. The molecule has 2 aromatic rings. The largest absolute Gasteiger partial charge is 0.478 e. The molecule has 4 rings (SSSR count). The number of nitrogens with zero attached hydrogens (tertiary/aromatic N) is 4. The van der Waals surface area contributed by atoms with Gasteiger partial charge < -0.3 is 15.3 Å². The zero-order chi connectivity index (χ0) is 15.3. The number of fused-ring (bicyclic) bond motifs is 3. The highest BCUT2D eigenvalue weighted by molar-refractivity contribution is 5.96. The summed E-state index contributed by atoms with van der Waals surface area (Å²) in [5.41, 5.74) is 6.75. The second kappa shape index (κ2) is 4.48. The molecule has 0 amide bonds. The van der Waals surface area contributed by atoms with Crippen LogP contribution in [0.25, 0.3) is 0 Å². The maximum Gasteiger partial charge on any atom is 0.337 e. The molecule has 0 unspecified atom stereocenters. The van der Waals surface area contributed by atoms with Crippen LogP contribution in [0.3, 0.4) is 0 Å². The Bertz CT molecular complexity index is 778. The fraction of sp³-hybridized carbons (Fsp3) is 0.214. The molecule has 0 saturated heterocycles. The Morgan fingerprint density at radius 3 is 2.95 bits per heavy atom. The van der Waals surface area contributed by atoms with Gasteiger partial charge in [0.15, 0.2) is 5.82 Å². The molecule has 0 bridgehead atoms. The van der Waals surface area contributed by atoms with Crippen molar-refractivity contribution in [3.8, 4) is 0 Å². The minimum Gasteiger partial charge on any atom is -0.478 e. The number of nitrogens with one attached hydrogen (secondary N) is 2. The molecule has 22 heavy (non-hydrogen) atoms. The van der Waals surface area contributed by atoms with E-state index in [1.807, 2.05) is 18.0 Å². The quantitative estimate of drug-likeness (QED) is 0.765. The minimum atomic E-state index is -0.955. The highest BCUT2D eigenvalue weighted by atomic mass is 16.4. The number of aromatic carboxylic acids is 1. The number of carbonyl (C=O) groups is 1. The van der Waals surface area contributed by atoms with E-state index in [4.69, 9.17) is 0 Å². The van der Waals surface area contributed by atoms with Crippen molar-refractivity contribution in [2.75, 3.05) is 34.4 Å². The van der Waals surface area contributed by atoms with Gasteiger partial charge in [-0.15, -0.1) is 10.2 Å². The molecule has 0 fully saturated rings. The molecule has 2 aliphatic heterocycles. The molecular formula is C14H14N6O2. The first kappa shape index (κ1) is 12.7. The number of carboxylic acid groups (broad SMARTS) is 1. The van der Waals surface area contributed by atoms with E-state index in [-0.39, 0.29) is 5.56 Å². The monoisotopic (exact) mass is 298 g/mol. The highest BCUT2D eigenvalue weighted by Gasteiger charge is 2.31. The molecule has 3 N–H and O–H groups in total. The summed E-state index contributed by atoms with van der Waals surface area (Å²) >= 11 is 0. The predicted octanol–water partition coefficient (Wildman–Crippen LogP) is 1.34. The van der Waals surface area contributed by atoms with Crippen LogP contribution in [-0.4, -0.2) is 35.0 Å². The van der Waals surface area contributed by atoms with Crippen LogP contribution in [0.2, 0.25) is 0 Å². The molecule has 112 valence electrons. The molecule has 0 atom stereocenters. The summed E-state index contributed by atoms with van der Waals surface area (Å²) in [6.07, 6.45) is 0. The van der Waals surface area contributed by atoms with Crippen molar-refractivity contribution in [2.45, 2.75) is 6.54 Å². The second-order valence-electron chi connectivity index (χ2n) is 5.27. The van der Waals surface area contributed by atoms with Crippen molar-refractivity contribution in [3.63, 3.8) is 0 Å². The number of benzene rings is 1. The molecular weight excluding hydrogens is 284 g/mol. The average molecular weight is 298 g/mol. The number of hydrazine groups is 1. The predicted molar refractivity (Wildman–Crippen MR) is 82.1 cm³/mol. The van der Waals surface area contributed by atoms with Gasteiger partial charge in [0.1, 0.15) is 17.1 Å². The summed E-state index contributed by atoms with van der Waals surface area (Å²) < 4.78 is 0. The third kappa shape index (κ3) is 1.73. The van der Waals surface area contributed by atoms with Crippen LogP contribution >= 0.6 is 0 Å². The number of anilines is 4. The smallest absolute Gasteiger partial charge is 0.337 e. The number of hydrogen-bond donors (Lipinski definition) is 3. The molecule has 8 nitrogen and oxygen atoms in total. The molecule has 2 aliphatic rings. The first-order valence-electron chi connectivity index (χ1n) is 6.86. The van der Waals surface area contributed by atoms with Crippen molar-refractivity contribution in [1.82, 2.24) is 10.2 Å². The van der Waals surface area contributed by atoms with Crippen molar-refractivity contribution >= 4 is 28.8 Å². The van der Waals surface area contributed by atoms with Crippen molar-refractivity contribution in [3.05, 3.63) is 35.5 Å².